The second-order valence-corrected chi connectivity index (χ2v) is 12.4. The predicted octanol–water partition coefficient (Wildman–Crippen LogP) is 11.9. The van der Waals surface area contributed by atoms with E-state index in [0.717, 1.165) is 88.1 Å². The lowest BCUT2D eigenvalue weighted by Crippen LogP contribution is -1.96. The molecule has 10 rings (SSSR count). The third-order valence-corrected chi connectivity index (χ3v) is 9.72. The maximum absolute atomic E-state index is 9.60. The molecule has 10 aromatic rings. The molecule has 0 aliphatic rings. The molecule has 0 unspecified atom stereocenters. The zero-order valence-corrected chi connectivity index (χ0v) is 26.1. The molecule has 0 fully saturated rings. The Balaban J connectivity index is 1.21. The third kappa shape index (κ3) is 3.91. The smallest absolute Gasteiger partial charge is 0.188 e. The van der Waals surface area contributed by atoms with Crippen LogP contribution >= 0.6 is 0 Å². The summed E-state index contributed by atoms with van der Waals surface area (Å²) in [7, 11) is 0. The highest BCUT2D eigenvalue weighted by Crippen LogP contribution is 2.42. The minimum Gasteiger partial charge on any atom is -0.456 e. The van der Waals surface area contributed by atoms with Crippen LogP contribution in [0.5, 0.6) is 0 Å². The highest BCUT2D eigenvalue weighted by atomic mass is 16.3. The van der Waals surface area contributed by atoms with Crippen LogP contribution in [-0.2, 0) is 0 Å². The molecule has 0 saturated heterocycles. The Kier molecular flexibility index (Phi) is 5.64. The summed E-state index contributed by atoms with van der Waals surface area (Å²) in [4.78, 5) is 3.75. The average Bonchev–Trinajstić information content (AvgIpc) is 3.82. The number of nitrogens with zero attached hydrogens (tertiary/aromatic N) is 4. The van der Waals surface area contributed by atoms with Crippen LogP contribution in [0.4, 0.5) is 5.69 Å². The van der Waals surface area contributed by atoms with Gasteiger partial charge in [-0.05, 0) is 95.4 Å². The van der Waals surface area contributed by atoms with Gasteiger partial charge in [-0.25, -0.2) is 4.85 Å². The van der Waals surface area contributed by atoms with Crippen LogP contribution in [0.3, 0.4) is 0 Å². The van der Waals surface area contributed by atoms with Crippen molar-refractivity contribution < 1.29 is 4.42 Å². The van der Waals surface area contributed by atoms with E-state index in [2.05, 4.69) is 105 Å². The van der Waals surface area contributed by atoms with Crippen molar-refractivity contribution in [1.29, 1.82) is 5.26 Å². The van der Waals surface area contributed by atoms with E-state index in [4.69, 9.17) is 11.0 Å². The summed E-state index contributed by atoms with van der Waals surface area (Å²) in [5.74, 6) is 0. The van der Waals surface area contributed by atoms with E-state index in [1.165, 1.54) is 0 Å². The topological polar surface area (TPSA) is 51.1 Å². The van der Waals surface area contributed by atoms with Gasteiger partial charge in [0, 0.05) is 32.9 Å². The number of para-hydroxylation sites is 2. The fourth-order valence-corrected chi connectivity index (χ4v) is 7.61. The largest absolute Gasteiger partial charge is 0.456 e. The van der Waals surface area contributed by atoms with E-state index in [9.17, 15) is 5.26 Å². The van der Waals surface area contributed by atoms with Crippen molar-refractivity contribution in [2.24, 2.45) is 0 Å². The number of aromatic nitrogens is 2. The molecule has 7 aromatic carbocycles. The number of furan rings is 1. The third-order valence-electron chi connectivity index (χ3n) is 9.72. The zero-order chi connectivity index (χ0) is 32.6. The van der Waals surface area contributed by atoms with E-state index in [1.807, 2.05) is 60.7 Å². The second-order valence-electron chi connectivity index (χ2n) is 12.4. The van der Waals surface area contributed by atoms with Gasteiger partial charge in [-0.2, -0.15) is 5.26 Å². The molecule has 0 spiro atoms. The Bertz CT molecular complexity index is 3090. The number of fused-ring (bicyclic) bond motifs is 10. The molecule has 0 atom stereocenters. The van der Waals surface area contributed by atoms with Crippen LogP contribution in [0.2, 0.25) is 0 Å². The molecule has 3 aromatic heterocycles. The summed E-state index contributed by atoms with van der Waals surface area (Å²) in [6.45, 7) is 7.70. The van der Waals surface area contributed by atoms with E-state index in [-0.39, 0.29) is 0 Å². The lowest BCUT2D eigenvalue weighted by Gasteiger charge is -2.13. The summed E-state index contributed by atoms with van der Waals surface area (Å²) >= 11 is 0. The molecule has 226 valence electrons. The lowest BCUT2D eigenvalue weighted by atomic mass is 10.0. The van der Waals surface area contributed by atoms with Gasteiger partial charge in [0.25, 0.3) is 0 Å². The molecule has 0 aliphatic carbocycles. The molecule has 5 nitrogen and oxygen atoms in total. The van der Waals surface area contributed by atoms with Crippen LogP contribution in [0, 0.1) is 17.9 Å². The van der Waals surface area contributed by atoms with Gasteiger partial charge in [-0.1, -0.05) is 66.7 Å². The van der Waals surface area contributed by atoms with Crippen LogP contribution < -0.4 is 0 Å². The van der Waals surface area contributed by atoms with Gasteiger partial charge in [0.15, 0.2) is 5.69 Å². The zero-order valence-electron chi connectivity index (χ0n) is 26.1. The molecule has 49 heavy (non-hydrogen) atoms. The van der Waals surface area contributed by atoms with Gasteiger partial charge in [0.1, 0.15) is 11.2 Å². The fraction of sp³-hybridized carbons (Fsp3) is 0. The quantitative estimate of drug-likeness (QED) is 0.184. The summed E-state index contributed by atoms with van der Waals surface area (Å²) in [6.07, 6.45) is 0. The van der Waals surface area contributed by atoms with Crippen LogP contribution in [0.15, 0.2) is 150 Å². The Labute approximate surface area is 280 Å². The maximum atomic E-state index is 9.60. The second kappa shape index (κ2) is 10.2. The van der Waals surface area contributed by atoms with Crippen molar-refractivity contribution in [2.75, 3.05) is 0 Å². The first-order valence-corrected chi connectivity index (χ1v) is 16.1. The molecule has 5 heteroatoms. The number of hydrogen-bond donors (Lipinski definition) is 0. The van der Waals surface area contributed by atoms with Crippen molar-refractivity contribution in [2.45, 2.75) is 0 Å². The monoisotopic (exact) mass is 624 g/mol. The van der Waals surface area contributed by atoms with Gasteiger partial charge < -0.3 is 13.6 Å². The molecular weight excluding hydrogens is 601 g/mol. The number of hydrogen-bond acceptors (Lipinski definition) is 2. The fourth-order valence-electron chi connectivity index (χ4n) is 7.61. The Morgan fingerprint density at radius 3 is 2.00 bits per heavy atom. The van der Waals surface area contributed by atoms with Crippen molar-refractivity contribution in [3.05, 3.63) is 163 Å². The number of nitriles is 1. The summed E-state index contributed by atoms with van der Waals surface area (Å²) in [5, 5.41) is 16.0. The first kappa shape index (κ1) is 27.1. The molecule has 0 amide bonds. The predicted molar refractivity (Wildman–Crippen MR) is 199 cm³/mol. The molecule has 0 aliphatic heterocycles. The molecule has 0 radical (unpaired) electrons. The molecule has 0 saturated carbocycles. The molecule has 3 heterocycles. The normalized spacial score (nSPS) is 11.6. The summed E-state index contributed by atoms with van der Waals surface area (Å²) in [5.41, 5.74) is 11.5. The molecular formula is C44H24N4O. The van der Waals surface area contributed by atoms with Gasteiger partial charge in [0.05, 0.1) is 45.7 Å². The van der Waals surface area contributed by atoms with Crippen molar-refractivity contribution in [3.63, 3.8) is 0 Å². The summed E-state index contributed by atoms with van der Waals surface area (Å²) < 4.78 is 10.9. The maximum Gasteiger partial charge on any atom is 0.188 e. The van der Waals surface area contributed by atoms with Crippen LogP contribution in [-0.4, -0.2) is 9.13 Å². The minimum atomic E-state index is 0.614. The van der Waals surface area contributed by atoms with E-state index < -0.39 is 0 Å². The average molecular weight is 625 g/mol. The molecule has 0 bridgehead atoms. The van der Waals surface area contributed by atoms with E-state index in [1.54, 1.807) is 0 Å². The van der Waals surface area contributed by atoms with E-state index in [0.29, 0.717) is 11.3 Å². The first-order valence-electron chi connectivity index (χ1n) is 16.1. The Hall–Kier alpha value is -7.08. The number of benzene rings is 7. The SMILES string of the molecule is [C-]#[N+]c1ccc2c(c1)c1ccc3oc4ccccc4c3c1n2-c1cccc(-c2cccc(-n3c4ccccc4c4cc(C#N)ccc43)c2)c1. The lowest BCUT2D eigenvalue weighted by molar-refractivity contribution is 0.669. The minimum absolute atomic E-state index is 0.614. The Morgan fingerprint density at radius 1 is 0.531 bits per heavy atom. The van der Waals surface area contributed by atoms with Crippen LogP contribution in [0.1, 0.15) is 5.56 Å². The Morgan fingerprint density at radius 2 is 1.20 bits per heavy atom. The van der Waals surface area contributed by atoms with Gasteiger partial charge >= 0.3 is 0 Å². The van der Waals surface area contributed by atoms with Gasteiger partial charge in [-0.15, -0.1) is 0 Å². The van der Waals surface area contributed by atoms with Gasteiger partial charge in [-0.3, -0.25) is 0 Å². The van der Waals surface area contributed by atoms with Gasteiger partial charge in [0.2, 0.25) is 0 Å². The standard InChI is InChI=1S/C44H24N4O/c1-46-30-17-20-40-37(25-30)34-18-21-42-43(35-13-3-5-15-41(35)49-42)44(34)48(40)32-11-7-9-29(24-32)28-8-6-10-31(23-28)47-38-14-4-2-12-33(38)36-22-27(26-45)16-19-39(36)47/h2-25H. The first-order chi connectivity index (χ1) is 24.2. The highest BCUT2D eigenvalue weighted by molar-refractivity contribution is 6.24. The summed E-state index contributed by atoms with van der Waals surface area (Å²) in [6, 6.07) is 52.1. The van der Waals surface area contributed by atoms with Crippen molar-refractivity contribution >= 4 is 71.2 Å². The highest BCUT2D eigenvalue weighted by Gasteiger charge is 2.20. The number of rotatable bonds is 3. The van der Waals surface area contributed by atoms with Crippen molar-refractivity contribution in [3.8, 4) is 28.6 Å². The van der Waals surface area contributed by atoms with Crippen LogP contribution in [0.25, 0.3) is 92.9 Å². The van der Waals surface area contributed by atoms with Crippen molar-refractivity contribution in [1.82, 2.24) is 9.13 Å². The molecule has 0 N–H and O–H groups in total. The van der Waals surface area contributed by atoms with E-state index >= 15 is 0 Å².